The highest BCUT2D eigenvalue weighted by Gasteiger charge is 2.50. The Morgan fingerprint density at radius 3 is 2.24 bits per heavy atom. The zero-order valence-electron chi connectivity index (χ0n) is 30.3. The van der Waals surface area contributed by atoms with Crippen molar-refractivity contribution >= 4 is 35.1 Å². The molecule has 4 amide bonds. The molecule has 5 heterocycles. The summed E-state index contributed by atoms with van der Waals surface area (Å²) in [4.78, 5) is 61.4. The number of rotatable bonds is 10. The summed E-state index contributed by atoms with van der Waals surface area (Å²) in [5, 5.41) is 5.65. The molecular formula is C41H39FN6O7. The van der Waals surface area contributed by atoms with E-state index in [0.29, 0.717) is 37.7 Å². The van der Waals surface area contributed by atoms with Crippen molar-refractivity contribution in [2.24, 2.45) is 5.41 Å². The second kappa shape index (κ2) is 13.1. The van der Waals surface area contributed by atoms with E-state index in [1.165, 1.54) is 0 Å². The topological polar surface area (TPSA) is 152 Å². The average molecular weight is 747 g/mol. The molecule has 9 rings (SSSR count). The molecule has 1 unspecified atom stereocenters. The highest BCUT2D eigenvalue weighted by Crippen LogP contribution is 2.41. The predicted molar refractivity (Wildman–Crippen MR) is 197 cm³/mol. The Morgan fingerprint density at radius 1 is 0.909 bits per heavy atom. The van der Waals surface area contributed by atoms with Crippen LogP contribution in [0.4, 0.5) is 15.9 Å². The molecule has 1 atom stereocenters. The molecule has 4 aromatic rings. The number of anilines is 2. The smallest absolute Gasteiger partial charge is 0.324 e. The van der Waals surface area contributed by atoms with Gasteiger partial charge in [0, 0.05) is 49.5 Å². The maximum atomic E-state index is 14.5. The number of amides is 4. The largest absolute Gasteiger partial charge is 0.490 e. The molecule has 1 spiro atoms. The molecule has 0 radical (unpaired) electrons. The Morgan fingerprint density at radius 2 is 1.58 bits per heavy atom. The number of piperidine rings is 1. The van der Waals surface area contributed by atoms with Crippen LogP contribution in [0.25, 0.3) is 0 Å². The number of aromatic nitrogens is 2. The fourth-order valence-corrected chi connectivity index (χ4v) is 8.03. The van der Waals surface area contributed by atoms with Crippen LogP contribution >= 0.6 is 0 Å². The van der Waals surface area contributed by atoms with Gasteiger partial charge in [-0.1, -0.05) is 38.1 Å². The predicted octanol–water partition coefficient (Wildman–Crippen LogP) is 4.99. The summed E-state index contributed by atoms with van der Waals surface area (Å²) in [5.74, 6) is -0.991. The second-order valence-electron chi connectivity index (χ2n) is 15.7. The van der Waals surface area contributed by atoms with E-state index in [9.17, 15) is 23.6 Å². The van der Waals surface area contributed by atoms with Crippen molar-refractivity contribution in [3.8, 4) is 17.5 Å². The second-order valence-corrected chi connectivity index (χ2v) is 15.7. The van der Waals surface area contributed by atoms with Crippen LogP contribution in [-0.2, 0) is 19.7 Å². The minimum Gasteiger partial charge on any atom is -0.490 e. The third-order valence-corrected chi connectivity index (χ3v) is 11.4. The molecule has 4 aliphatic heterocycles. The van der Waals surface area contributed by atoms with Crippen LogP contribution in [0.5, 0.6) is 17.5 Å². The van der Waals surface area contributed by atoms with Crippen LogP contribution < -0.4 is 25.0 Å². The van der Waals surface area contributed by atoms with Crippen LogP contribution in [0.3, 0.4) is 0 Å². The molecule has 2 N–H and O–H groups in total. The first-order valence-corrected chi connectivity index (χ1v) is 18.5. The lowest BCUT2D eigenvalue weighted by atomic mass is 9.78. The fraction of sp³-hybridized carbons (Fsp3) is 0.366. The van der Waals surface area contributed by atoms with Crippen LogP contribution in [0.15, 0.2) is 72.9 Å². The summed E-state index contributed by atoms with van der Waals surface area (Å²) >= 11 is 0. The van der Waals surface area contributed by atoms with Crippen molar-refractivity contribution in [1.29, 1.82) is 0 Å². The SMILES string of the molecule is CC(C)(c1ccc(Oc2ncc(F)c(N3CC4(COC4)C3)n2)cc1)c1ccc(O[C@H]2C[C@@H](Nc3ccc4c(c3)C(=O)N(C3CCC(=O)NC3=O)C4=O)C2)cc1. The maximum absolute atomic E-state index is 14.5. The first kappa shape index (κ1) is 34.9. The lowest BCUT2D eigenvalue weighted by molar-refractivity contribution is -0.136. The Hall–Kier alpha value is -5.89. The monoisotopic (exact) mass is 746 g/mol. The third kappa shape index (κ3) is 6.33. The molecule has 55 heavy (non-hydrogen) atoms. The van der Waals surface area contributed by atoms with Crippen molar-refractivity contribution in [3.05, 3.63) is 101 Å². The van der Waals surface area contributed by atoms with E-state index in [2.05, 4.69) is 46.6 Å². The first-order valence-electron chi connectivity index (χ1n) is 18.5. The number of ether oxygens (including phenoxy) is 3. The van der Waals surface area contributed by atoms with E-state index in [-0.39, 0.29) is 58.8 Å². The number of benzene rings is 3. The summed E-state index contributed by atoms with van der Waals surface area (Å²) in [6.45, 7) is 7.13. The summed E-state index contributed by atoms with van der Waals surface area (Å²) in [6.07, 6.45) is 2.87. The molecule has 1 aliphatic carbocycles. The lowest BCUT2D eigenvalue weighted by Crippen LogP contribution is -2.66. The minimum absolute atomic E-state index is 0.0191. The Balaban J connectivity index is 0.769. The van der Waals surface area contributed by atoms with E-state index in [0.717, 1.165) is 40.8 Å². The first-order chi connectivity index (χ1) is 26.4. The molecule has 1 aromatic heterocycles. The van der Waals surface area contributed by atoms with Crippen molar-refractivity contribution in [3.63, 3.8) is 0 Å². The van der Waals surface area contributed by atoms with Crippen molar-refractivity contribution in [1.82, 2.24) is 20.2 Å². The molecule has 4 fully saturated rings. The van der Waals surface area contributed by atoms with Gasteiger partial charge in [0.2, 0.25) is 11.8 Å². The molecule has 282 valence electrons. The Bertz CT molecular complexity index is 2210. The van der Waals surface area contributed by atoms with Gasteiger partial charge >= 0.3 is 6.01 Å². The number of carbonyl (C=O) groups is 4. The maximum Gasteiger partial charge on any atom is 0.324 e. The summed E-state index contributed by atoms with van der Waals surface area (Å²) in [5.41, 5.74) is 3.20. The number of nitrogens with zero attached hydrogens (tertiary/aromatic N) is 4. The van der Waals surface area contributed by atoms with Gasteiger partial charge in [0.25, 0.3) is 11.8 Å². The Labute approximate surface area is 316 Å². The molecule has 3 saturated heterocycles. The van der Waals surface area contributed by atoms with E-state index < -0.39 is 35.5 Å². The molecule has 13 nitrogen and oxygen atoms in total. The van der Waals surface area contributed by atoms with Gasteiger partial charge in [-0.05, 0) is 60.0 Å². The number of carbonyl (C=O) groups excluding carboxylic acids is 4. The fourth-order valence-electron chi connectivity index (χ4n) is 8.03. The van der Waals surface area contributed by atoms with Gasteiger partial charge in [-0.3, -0.25) is 29.4 Å². The standard InChI is InChI=1S/C41H39FN6O7/c1-40(2,24-5-10-28(11-6-24)55-39-43-18-32(42)35(46-39)47-19-41(20-47)21-53-22-41)23-3-8-27(9-4-23)54-29-15-26(16-29)44-25-7-12-30-31(17-25)38(52)48(37(30)51)33-13-14-34(49)45-36(33)50/h3-12,17-18,26,29,33,44H,13-16,19-22H2,1-2H3,(H,45,49,50)/t26-,29+,33?. The average Bonchev–Trinajstić information content (AvgIpc) is 3.36. The lowest BCUT2D eigenvalue weighted by Gasteiger charge is -2.55. The normalized spacial score (nSPS) is 22.7. The zero-order chi connectivity index (χ0) is 38.1. The van der Waals surface area contributed by atoms with Crippen LogP contribution in [0.2, 0.25) is 0 Å². The highest BCUT2D eigenvalue weighted by atomic mass is 19.1. The molecule has 3 aromatic carbocycles. The number of hydrogen-bond donors (Lipinski definition) is 2. The van der Waals surface area contributed by atoms with Gasteiger partial charge in [-0.2, -0.15) is 4.98 Å². The summed E-state index contributed by atoms with van der Waals surface area (Å²) in [6, 6.07) is 20.1. The van der Waals surface area contributed by atoms with E-state index in [1.54, 1.807) is 18.2 Å². The number of fused-ring (bicyclic) bond motifs is 1. The molecule has 1 saturated carbocycles. The van der Waals surface area contributed by atoms with Crippen LogP contribution in [0.1, 0.15) is 71.4 Å². The third-order valence-electron chi connectivity index (χ3n) is 11.4. The van der Waals surface area contributed by atoms with E-state index >= 15 is 0 Å². The molecule has 14 heteroatoms. The molecule has 0 bridgehead atoms. The van der Waals surface area contributed by atoms with Gasteiger partial charge in [-0.15, -0.1) is 0 Å². The van der Waals surface area contributed by atoms with Crippen molar-refractivity contribution in [2.75, 3.05) is 36.5 Å². The van der Waals surface area contributed by atoms with Gasteiger partial charge in [0.1, 0.15) is 23.6 Å². The Kier molecular flexibility index (Phi) is 8.33. The van der Waals surface area contributed by atoms with Crippen molar-refractivity contribution in [2.45, 2.75) is 63.1 Å². The van der Waals surface area contributed by atoms with Gasteiger partial charge in [0.05, 0.1) is 36.0 Å². The van der Waals surface area contributed by atoms with Gasteiger partial charge in [-0.25, -0.2) is 9.37 Å². The quantitative estimate of drug-likeness (QED) is 0.211. The zero-order valence-corrected chi connectivity index (χ0v) is 30.3. The number of halogens is 1. The van der Waals surface area contributed by atoms with Crippen molar-refractivity contribution < 1.29 is 37.8 Å². The van der Waals surface area contributed by atoms with Crippen LogP contribution in [0, 0.1) is 11.2 Å². The molecule has 5 aliphatic rings. The van der Waals surface area contributed by atoms with Crippen LogP contribution in [-0.4, -0.2) is 83.0 Å². The summed E-state index contributed by atoms with van der Waals surface area (Å²) in [7, 11) is 0. The molecular weight excluding hydrogens is 707 g/mol. The number of hydrogen-bond acceptors (Lipinski definition) is 11. The van der Waals surface area contributed by atoms with E-state index in [4.69, 9.17) is 14.2 Å². The van der Waals surface area contributed by atoms with Gasteiger partial charge in [0.15, 0.2) is 11.6 Å². The number of imide groups is 2. The summed E-state index contributed by atoms with van der Waals surface area (Å²) < 4.78 is 32.0. The highest BCUT2D eigenvalue weighted by molar-refractivity contribution is 6.23. The van der Waals surface area contributed by atoms with Gasteiger partial charge < -0.3 is 24.4 Å². The number of nitrogens with one attached hydrogen (secondary N) is 2. The van der Waals surface area contributed by atoms with E-state index in [1.807, 2.05) is 41.3 Å². The minimum atomic E-state index is -0.996.